The van der Waals surface area contributed by atoms with Gasteiger partial charge in [-0.25, -0.2) is 0 Å². The molecule has 1 aromatic heterocycles. The normalized spacial score (nSPS) is 11.2. The van der Waals surface area contributed by atoms with Gasteiger partial charge in [-0.05, 0) is 55.6 Å². The molecule has 6 nitrogen and oxygen atoms in total. The van der Waals surface area contributed by atoms with E-state index < -0.39 is 0 Å². The second-order valence-corrected chi connectivity index (χ2v) is 6.77. The Morgan fingerprint density at radius 2 is 1.96 bits per heavy atom. The van der Waals surface area contributed by atoms with E-state index in [1.165, 1.54) is 11.1 Å². The second-order valence-electron chi connectivity index (χ2n) is 6.37. The molecule has 2 aromatic rings. The number of aryl methyl sites for hydroxylation is 2. The van der Waals surface area contributed by atoms with Gasteiger partial charge in [0.1, 0.15) is 0 Å². The molecule has 7 heteroatoms. The summed E-state index contributed by atoms with van der Waals surface area (Å²) in [6.45, 7) is 4.51. The van der Waals surface area contributed by atoms with Crippen LogP contribution in [0, 0.1) is 6.92 Å². The van der Waals surface area contributed by atoms with Crippen LogP contribution in [0.25, 0.3) is 0 Å². The highest BCUT2D eigenvalue weighted by Gasteiger charge is 2.01. The summed E-state index contributed by atoms with van der Waals surface area (Å²) >= 11 is 5.23. The van der Waals surface area contributed by atoms with E-state index in [9.17, 15) is 0 Å². The van der Waals surface area contributed by atoms with Crippen molar-refractivity contribution in [2.45, 2.75) is 26.2 Å². The number of benzene rings is 1. The summed E-state index contributed by atoms with van der Waals surface area (Å²) in [5.41, 5.74) is 9.44. The third-order valence-electron chi connectivity index (χ3n) is 4.13. The molecule has 0 radical (unpaired) electrons. The third-order valence-corrected chi connectivity index (χ3v) is 4.38. The lowest BCUT2D eigenvalue weighted by molar-refractivity contribution is 0.145. The fourth-order valence-electron chi connectivity index (χ4n) is 2.61. The molecule has 0 saturated heterocycles. The first-order valence-electron chi connectivity index (χ1n) is 9.52. The lowest BCUT2D eigenvalue weighted by atomic mass is 10.1. The van der Waals surface area contributed by atoms with Crippen LogP contribution in [0.1, 0.15) is 23.2 Å². The van der Waals surface area contributed by atoms with E-state index in [2.05, 4.69) is 45.7 Å². The molecular weight excluding hydrogens is 370 g/mol. The van der Waals surface area contributed by atoms with E-state index in [0.717, 1.165) is 31.5 Å². The van der Waals surface area contributed by atoms with Crippen molar-refractivity contribution in [3.8, 4) is 0 Å². The van der Waals surface area contributed by atoms with Gasteiger partial charge in [0.05, 0.1) is 19.8 Å². The highest BCUT2D eigenvalue weighted by atomic mass is 32.1. The summed E-state index contributed by atoms with van der Waals surface area (Å²) in [4.78, 5) is 8.61. The Hall–Kier alpha value is -2.51. The highest BCUT2D eigenvalue weighted by Crippen LogP contribution is 2.05. The SMILES string of the molecule is Cc1cccnc1CCCNC(=S)NC(N)=NCCOCCc1ccccc1. The van der Waals surface area contributed by atoms with Crippen LogP contribution >= 0.6 is 12.2 Å². The Labute approximate surface area is 172 Å². The van der Waals surface area contributed by atoms with Gasteiger partial charge in [0.25, 0.3) is 0 Å². The van der Waals surface area contributed by atoms with Crippen molar-refractivity contribution >= 4 is 23.3 Å². The van der Waals surface area contributed by atoms with E-state index in [-0.39, 0.29) is 0 Å². The van der Waals surface area contributed by atoms with E-state index in [1.807, 2.05) is 30.5 Å². The number of pyridine rings is 1. The summed E-state index contributed by atoms with van der Waals surface area (Å²) in [5, 5.41) is 6.49. The van der Waals surface area contributed by atoms with Gasteiger partial charge >= 0.3 is 0 Å². The van der Waals surface area contributed by atoms with Crippen LogP contribution < -0.4 is 16.4 Å². The first-order chi connectivity index (χ1) is 13.6. The molecule has 0 bridgehead atoms. The van der Waals surface area contributed by atoms with Crippen molar-refractivity contribution in [1.82, 2.24) is 15.6 Å². The van der Waals surface area contributed by atoms with Crippen molar-refractivity contribution in [1.29, 1.82) is 0 Å². The topological polar surface area (TPSA) is 84.6 Å². The number of hydrogen-bond acceptors (Lipinski definition) is 4. The molecule has 0 aliphatic heterocycles. The number of hydrogen-bond donors (Lipinski definition) is 3. The van der Waals surface area contributed by atoms with Crippen molar-refractivity contribution < 1.29 is 4.74 Å². The summed E-state index contributed by atoms with van der Waals surface area (Å²) in [6.07, 6.45) is 4.56. The number of ether oxygens (including phenoxy) is 1. The maximum Gasteiger partial charge on any atom is 0.194 e. The first kappa shape index (κ1) is 21.8. The summed E-state index contributed by atoms with van der Waals surface area (Å²) in [7, 11) is 0. The second kappa shape index (κ2) is 12.8. The minimum atomic E-state index is 0.296. The molecule has 1 aromatic carbocycles. The fraction of sp³-hybridized carbons (Fsp3) is 0.381. The minimum absolute atomic E-state index is 0.296. The maximum atomic E-state index is 5.84. The molecule has 2 rings (SSSR count). The summed E-state index contributed by atoms with van der Waals surface area (Å²) < 4.78 is 5.58. The molecular formula is C21H29N5OS. The lowest BCUT2D eigenvalue weighted by Gasteiger charge is -2.10. The van der Waals surface area contributed by atoms with Gasteiger partial charge in [-0.1, -0.05) is 36.4 Å². The van der Waals surface area contributed by atoms with Crippen molar-refractivity contribution in [3.05, 3.63) is 65.5 Å². The molecule has 0 aliphatic rings. The largest absolute Gasteiger partial charge is 0.379 e. The molecule has 150 valence electrons. The average Bonchev–Trinajstić information content (AvgIpc) is 2.70. The molecule has 0 unspecified atom stereocenters. The molecule has 4 N–H and O–H groups in total. The molecule has 28 heavy (non-hydrogen) atoms. The van der Waals surface area contributed by atoms with Gasteiger partial charge in [0.2, 0.25) is 0 Å². The Morgan fingerprint density at radius 1 is 1.14 bits per heavy atom. The standard InChI is InChI=1S/C21H29N5OS/c1-17-7-5-12-23-19(17)10-6-13-25-21(28)26-20(22)24-14-16-27-15-11-18-8-3-2-4-9-18/h2-5,7-9,12H,6,10-11,13-16H2,1H3,(H4,22,24,25,26,28). The van der Waals surface area contributed by atoms with E-state index >= 15 is 0 Å². The zero-order valence-corrected chi connectivity index (χ0v) is 17.2. The van der Waals surface area contributed by atoms with Crippen molar-refractivity contribution in [3.63, 3.8) is 0 Å². The molecule has 0 spiro atoms. The average molecular weight is 400 g/mol. The predicted octanol–water partition coefficient (Wildman–Crippen LogP) is 2.36. The smallest absolute Gasteiger partial charge is 0.194 e. The number of aromatic nitrogens is 1. The number of nitrogens with zero attached hydrogens (tertiary/aromatic N) is 2. The first-order valence-corrected chi connectivity index (χ1v) is 9.93. The monoisotopic (exact) mass is 399 g/mol. The van der Waals surface area contributed by atoms with E-state index in [1.54, 1.807) is 0 Å². The summed E-state index contributed by atoms with van der Waals surface area (Å²) in [6, 6.07) is 14.3. The molecule has 0 atom stereocenters. The van der Waals surface area contributed by atoms with E-state index in [0.29, 0.717) is 30.8 Å². The highest BCUT2D eigenvalue weighted by molar-refractivity contribution is 7.80. The number of aliphatic imine (C=N–C) groups is 1. The minimum Gasteiger partial charge on any atom is -0.379 e. The third kappa shape index (κ3) is 8.92. The van der Waals surface area contributed by atoms with Gasteiger partial charge in [-0.15, -0.1) is 0 Å². The van der Waals surface area contributed by atoms with Gasteiger partial charge in [0.15, 0.2) is 11.1 Å². The molecule has 0 aliphatic carbocycles. The van der Waals surface area contributed by atoms with Crippen LogP contribution in [0.2, 0.25) is 0 Å². The van der Waals surface area contributed by atoms with Crippen molar-refractivity contribution in [2.24, 2.45) is 10.7 Å². The van der Waals surface area contributed by atoms with Gasteiger partial charge in [-0.2, -0.15) is 0 Å². The number of thiocarbonyl (C=S) groups is 1. The maximum absolute atomic E-state index is 5.84. The number of guanidine groups is 1. The van der Waals surface area contributed by atoms with Gasteiger partial charge in [0, 0.05) is 18.4 Å². The molecule has 0 amide bonds. The van der Waals surface area contributed by atoms with E-state index in [4.69, 9.17) is 22.7 Å². The van der Waals surface area contributed by atoms with Crippen LogP contribution in [0.4, 0.5) is 0 Å². The van der Waals surface area contributed by atoms with Crippen molar-refractivity contribution in [2.75, 3.05) is 26.3 Å². The van der Waals surface area contributed by atoms with Crippen LogP contribution in [-0.2, 0) is 17.6 Å². The Balaban J connectivity index is 1.51. The van der Waals surface area contributed by atoms with Crippen LogP contribution in [0.15, 0.2) is 53.7 Å². The van der Waals surface area contributed by atoms with Crippen LogP contribution in [0.5, 0.6) is 0 Å². The Morgan fingerprint density at radius 3 is 2.75 bits per heavy atom. The van der Waals surface area contributed by atoms with Crippen LogP contribution in [-0.4, -0.2) is 42.4 Å². The number of rotatable bonds is 10. The number of nitrogens with one attached hydrogen (secondary N) is 2. The fourth-order valence-corrected chi connectivity index (χ4v) is 2.81. The zero-order valence-electron chi connectivity index (χ0n) is 16.4. The Kier molecular flexibility index (Phi) is 9.96. The quantitative estimate of drug-likeness (QED) is 0.246. The lowest BCUT2D eigenvalue weighted by Crippen LogP contribution is -2.43. The molecule has 0 saturated carbocycles. The van der Waals surface area contributed by atoms with Gasteiger partial charge in [-0.3, -0.25) is 9.98 Å². The van der Waals surface area contributed by atoms with Gasteiger partial charge < -0.3 is 21.1 Å². The zero-order chi connectivity index (χ0) is 20.0. The van der Waals surface area contributed by atoms with Crippen LogP contribution in [0.3, 0.4) is 0 Å². The Bertz CT molecular complexity index is 751. The summed E-state index contributed by atoms with van der Waals surface area (Å²) in [5.74, 6) is 0.296. The number of nitrogens with two attached hydrogens (primary N) is 1. The molecule has 1 heterocycles. The molecule has 0 fully saturated rings. The predicted molar refractivity (Wildman–Crippen MR) is 118 cm³/mol.